The fraction of sp³-hybridized carbons (Fsp3) is 0.615. The average Bonchev–Trinajstić information content (AvgIpc) is 2.18. The molecule has 88 valence electrons. The fourth-order valence-corrected chi connectivity index (χ4v) is 3.11. The molecule has 2 atom stereocenters. The van der Waals surface area contributed by atoms with Gasteiger partial charge in [0.05, 0.1) is 5.92 Å². The molecule has 0 spiro atoms. The highest BCUT2D eigenvalue weighted by molar-refractivity contribution is 6.29. The quantitative estimate of drug-likeness (QED) is 0.761. The first-order valence-electron chi connectivity index (χ1n) is 5.71. The molecule has 2 aliphatic rings. The van der Waals surface area contributed by atoms with Crippen molar-refractivity contribution in [2.75, 3.05) is 0 Å². The molecule has 0 aromatic heterocycles. The molecule has 1 fully saturated rings. The molecule has 0 heterocycles. The molecule has 0 bridgehead atoms. The molecule has 2 aliphatic carbocycles. The van der Waals surface area contributed by atoms with Gasteiger partial charge in [0.15, 0.2) is 0 Å². The standard InChI is InChI=1S/C13H17ClO2/c1-13(2)6-5-10(12(15)16)9-4-3-8(14)7-11(9)13/h3-4,10-11H,5-7H2,1-2H3,(H,15,16). The van der Waals surface area contributed by atoms with Gasteiger partial charge >= 0.3 is 5.97 Å². The fourth-order valence-electron chi connectivity index (χ4n) is 2.89. The normalized spacial score (nSPS) is 32.4. The topological polar surface area (TPSA) is 37.3 Å². The van der Waals surface area contributed by atoms with Crippen molar-refractivity contribution in [2.45, 2.75) is 33.1 Å². The van der Waals surface area contributed by atoms with Crippen molar-refractivity contribution < 1.29 is 9.90 Å². The van der Waals surface area contributed by atoms with E-state index in [9.17, 15) is 9.90 Å². The largest absolute Gasteiger partial charge is 0.481 e. The van der Waals surface area contributed by atoms with Gasteiger partial charge in [-0.25, -0.2) is 0 Å². The molecule has 0 saturated heterocycles. The lowest BCUT2D eigenvalue weighted by atomic mass is 9.60. The van der Waals surface area contributed by atoms with E-state index in [1.807, 2.05) is 12.2 Å². The summed E-state index contributed by atoms with van der Waals surface area (Å²) in [6.45, 7) is 4.41. The first kappa shape index (κ1) is 11.7. The zero-order chi connectivity index (χ0) is 11.9. The summed E-state index contributed by atoms with van der Waals surface area (Å²) in [6.07, 6.45) is 6.28. The summed E-state index contributed by atoms with van der Waals surface area (Å²) in [6, 6.07) is 0. The lowest BCUT2D eigenvalue weighted by Gasteiger charge is -2.44. The molecule has 0 amide bonds. The molecule has 0 aliphatic heterocycles. The lowest BCUT2D eigenvalue weighted by molar-refractivity contribution is -0.141. The second-order valence-corrected chi connectivity index (χ2v) is 5.94. The van der Waals surface area contributed by atoms with Crippen LogP contribution in [0.15, 0.2) is 22.8 Å². The van der Waals surface area contributed by atoms with Gasteiger partial charge in [-0.3, -0.25) is 4.79 Å². The van der Waals surface area contributed by atoms with E-state index < -0.39 is 5.97 Å². The molecule has 2 rings (SSSR count). The van der Waals surface area contributed by atoms with E-state index in [4.69, 9.17) is 11.6 Å². The minimum atomic E-state index is -0.696. The molecule has 1 N–H and O–H groups in total. The van der Waals surface area contributed by atoms with E-state index in [-0.39, 0.29) is 11.3 Å². The zero-order valence-electron chi connectivity index (χ0n) is 9.66. The SMILES string of the molecule is CC1(C)CCC(C(=O)O)C2=CC=C(Cl)CC21. The number of carboxylic acids is 1. The molecular weight excluding hydrogens is 224 g/mol. The third kappa shape index (κ3) is 1.91. The van der Waals surface area contributed by atoms with Crippen molar-refractivity contribution in [3.05, 3.63) is 22.8 Å². The maximum absolute atomic E-state index is 11.2. The van der Waals surface area contributed by atoms with Crippen LogP contribution in [-0.2, 0) is 4.79 Å². The Morgan fingerprint density at radius 1 is 1.50 bits per heavy atom. The Kier molecular flexibility index (Phi) is 2.87. The predicted molar refractivity (Wildman–Crippen MR) is 64.3 cm³/mol. The number of fused-ring (bicyclic) bond motifs is 1. The third-order valence-electron chi connectivity index (χ3n) is 3.98. The van der Waals surface area contributed by atoms with Crippen LogP contribution in [0.1, 0.15) is 33.1 Å². The van der Waals surface area contributed by atoms with Gasteiger partial charge < -0.3 is 5.11 Å². The van der Waals surface area contributed by atoms with Crippen LogP contribution in [0.25, 0.3) is 0 Å². The van der Waals surface area contributed by atoms with Gasteiger partial charge in [-0.1, -0.05) is 37.1 Å². The number of rotatable bonds is 1. The third-order valence-corrected chi connectivity index (χ3v) is 4.26. The van der Waals surface area contributed by atoms with Gasteiger partial charge in [0, 0.05) is 5.03 Å². The van der Waals surface area contributed by atoms with Gasteiger partial charge in [0.1, 0.15) is 0 Å². The van der Waals surface area contributed by atoms with E-state index in [1.165, 1.54) is 0 Å². The first-order valence-corrected chi connectivity index (χ1v) is 6.08. The maximum Gasteiger partial charge on any atom is 0.310 e. The van der Waals surface area contributed by atoms with Gasteiger partial charge in [-0.05, 0) is 36.7 Å². The van der Waals surface area contributed by atoms with Crippen molar-refractivity contribution in [3.63, 3.8) is 0 Å². The number of allylic oxidation sites excluding steroid dienone is 3. The molecule has 2 unspecified atom stereocenters. The molecule has 0 aromatic carbocycles. The van der Waals surface area contributed by atoms with E-state index in [1.54, 1.807) is 0 Å². The highest BCUT2D eigenvalue weighted by atomic mass is 35.5. The summed E-state index contributed by atoms with van der Waals surface area (Å²) in [4.78, 5) is 11.2. The summed E-state index contributed by atoms with van der Waals surface area (Å²) in [5.41, 5.74) is 1.22. The Morgan fingerprint density at radius 3 is 2.81 bits per heavy atom. The predicted octanol–water partition coefficient (Wildman–Crippen LogP) is 3.58. The highest BCUT2D eigenvalue weighted by Gasteiger charge is 2.43. The Bertz CT molecular complexity index is 379. The molecule has 1 saturated carbocycles. The number of hydrogen-bond donors (Lipinski definition) is 1. The molecule has 0 radical (unpaired) electrons. The summed E-state index contributed by atoms with van der Waals surface area (Å²) < 4.78 is 0. The van der Waals surface area contributed by atoms with E-state index in [0.717, 1.165) is 29.9 Å². The Morgan fingerprint density at radius 2 is 2.19 bits per heavy atom. The van der Waals surface area contributed by atoms with Crippen molar-refractivity contribution in [2.24, 2.45) is 17.3 Å². The smallest absolute Gasteiger partial charge is 0.310 e. The van der Waals surface area contributed by atoms with Gasteiger partial charge in [0.2, 0.25) is 0 Å². The number of aliphatic carboxylic acids is 1. The van der Waals surface area contributed by atoms with Crippen molar-refractivity contribution in [1.82, 2.24) is 0 Å². The van der Waals surface area contributed by atoms with Crippen LogP contribution < -0.4 is 0 Å². The van der Waals surface area contributed by atoms with Crippen LogP contribution >= 0.6 is 11.6 Å². The summed E-state index contributed by atoms with van der Waals surface area (Å²) in [5, 5.41) is 10.1. The highest BCUT2D eigenvalue weighted by Crippen LogP contribution is 2.50. The Balaban J connectivity index is 2.37. The maximum atomic E-state index is 11.2. The van der Waals surface area contributed by atoms with Crippen LogP contribution in [0.5, 0.6) is 0 Å². The minimum Gasteiger partial charge on any atom is -0.481 e. The van der Waals surface area contributed by atoms with Crippen LogP contribution in [0.2, 0.25) is 0 Å². The van der Waals surface area contributed by atoms with Crippen LogP contribution in [-0.4, -0.2) is 11.1 Å². The summed E-state index contributed by atoms with van der Waals surface area (Å²) in [7, 11) is 0. The molecule has 2 nitrogen and oxygen atoms in total. The number of hydrogen-bond acceptors (Lipinski definition) is 1. The van der Waals surface area contributed by atoms with Gasteiger partial charge in [-0.2, -0.15) is 0 Å². The van der Waals surface area contributed by atoms with Crippen molar-refractivity contribution in [3.8, 4) is 0 Å². The second-order valence-electron chi connectivity index (χ2n) is 5.45. The molecule has 0 aromatic rings. The average molecular weight is 241 g/mol. The van der Waals surface area contributed by atoms with E-state index in [2.05, 4.69) is 13.8 Å². The first-order chi connectivity index (χ1) is 7.42. The van der Waals surface area contributed by atoms with Crippen molar-refractivity contribution in [1.29, 1.82) is 0 Å². The molecule has 3 heteroatoms. The van der Waals surface area contributed by atoms with Crippen LogP contribution in [0.3, 0.4) is 0 Å². The van der Waals surface area contributed by atoms with E-state index >= 15 is 0 Å². The molecule has 16 heavy (non-hydrogen) atoms. The van der Waals surface area contributed by atoms with Crippen LogP contribution in [0, 0.1) is 17.3 Å². The number of carboxylic acid groups (broad SMARTS) is 1. The van der Waals surface area contributed by atoms with E-state index in [0.29, 0.717) is 5.92 Å². The van der Waals surface area contributed by atoms with Gasteiger partial charge in [0.25, 0.3) is 0 Å². The number of carbonyl (C=O) groups is 1. The second kappa shape index (κ2) is 3.92. The Labute approximate surface area is 101 Å². The summed E-state index contributed by atoms with van der Waals surface area (Å²) >= 11 is 6.06. The van der Waals surface area contributed by atoms with Crippen LogP contribution in [0.4, 0.5) is 0 Å². The zero-order valence-corrected chi connectivity index (χ0v) is 10.4. The number of halogens is 1. The lowest BCUT2D eigenvalue weighted by Crippen LogP contribution is -2.37. The Hall–Kier alpha value is -0.760. The minimum absolute atomic E-state index is 0.159. The molecular formula is C13H17ClO2. The monoisotopic (exact) mass is 240 g/mol. The summed E-state index contributed by atoms with van der Waals surface area (Å²) in [5.74, 6) is -0.711. The van der Waals surface area contributed by atoms with Crippen molar-refractivity contribution >= 4 is 17.6 Å². The van der Waals surface area contributed by atoms with Gasteiger partial charge in [-0.15, -0.1) is 0 Å².